The molecular weight excluding hydrogens is 342 g/mol. The van der Waals surface area contributed by atoms with E-state index in [0.717, 1.165) is 5.56 Å². The van der Waals surface area contributed by atoms with Crippen LogP contribution in [0.2, 0.25) is 5.02 Å². The molecule has 1 aliphatic heterocycles. The average molecular weight is 360 g/mol. The van der Waals surface area contributed by atoms with Crippen LogP contribution in [0, 0.1) is 12.8 Å². The highest BCUT2D eigenvalue weighted by Gasteiger charge is 2.46. The van der Waals surface area contributed by atoms with Gasteiger partial charge in [-0.1, -0.05) is 25.4 Å². The summed E-state index contributed by atoms with van der Waals surface area (Å²) in [6, 6.07) is 7.64. The molecule has 0 fully saturated rings. The van der Waals surface area contributed by atoms with Crippen molar-refractivity contribution >= 4 is 29.0 Å². The van der Waals surface area contributed by atoms with E-state index in [-0.39, 0.29) is 17.3 Å². The number of aliphatic hydroxyl groups is 1. The number of furan rings is 1. The lowest BCUT2D eigenvalue weighted by Gasteiger charge is -2.26. The quantitative estimate of drug-likeness (QED) is 0.880. The number of benzene rings is 1. The number of carbonyl (C=O) groups excluding carboxylic acids is 2. The molecule has 2 aromatic rings. The number of aliphatic hydroxyl groups excluding tert-OH is 1. The second-order valence-electron chi connectivity index (χ2n) is 6.31. The number of carbonyl (C=O) groups is 2. The maximum Gasteiger partial charge on any atom is 0.294 e. The van der Waals surface area contributed by atoms with Gasteiger partial charge in [0, 0.05) is 16.6 Å². The number of rotatable bonds is 4. The van der Waals surface area contributed by atoms with Crippen molar-refractivity contribution in [1.29, 1.82) is 0 Å². The number of Topliss-reactive ketones (excluding diaryl/α,β-unsaturated/α-hetero) is 1. The third kappa shape index (κ3) is 2.85. The predicted octanol–water partition coefficient (Wildman–Crippen LogP) is 4.37. The van der Waals surface area contributed by atoms with Gasteiger partial charge in [0.05, 0.1) is 11.8 Å². The highest BCUT2D eigenvalue weighted by Crippen LogP contribution is 2.43. The van der Waals surface area contributed by atoms with Gasteiger partial charge in [-0.25, -0.2) is 0 Å². The van der Waals surface area contributed by atoms with E-state index in [0.29, 0.717) is 16.5 Å². The molecule has 0 saturated carbocycles. The van der Waals surface area contributed by atoms with Crippen molar-refractivity contribution in [2.24, 2.45) is 5.92 Å². The number of anilines is 1. The zero-order valence-corrected chi connectivity index (χ0v) is 14.9. The van der Waals surface area contributed by atoms with Crippen molar-refractivity contribution in [2.75, 3.05) is 4.90 Å². The monoisotopic (exact) mass is 359 g/mol. The van der Waals surface area contributed by atoms with E-state index in [2.05, 4.69) is 0 Å². The van der Waals surface area contributed by atoms with Crippen LogP contribution in [0.5, 0.6) is 0 Å². The van der Waals surface area contributed by atoms with Gasteiger partial charge >= 0.3 is 0 Å². The van der Waals surface area contributed by atoms with E-state index in [4.69, 9.17) is 16.0 Å². The number of aryl methyl sites for hydroxylation is 1. The molecule has 6 heteroatoms. The van der Waals surface area contributed by atoms with Gasteiger partial charge in [0.2, 0.25) is 0 Å². The number of halogens is 1. The third-order valence-corrected chi connectivity index (χ3v) is 4.46. The van der Waals surface area contributed by atoms with Crippen molar-refractivity contribution in [2.45, 2.75) is 26.8 Å². The highest BCUT2D eigenvalue weighted by atomic mass is 35.5. The van der Waals surface area contributed by atoms with Crippen molar-refractivity contribution in [3.05, 3.63) is 64.3 Å². The minimum Gasteiger partial charge on any atom is -0.503 e. The lowest BCUT2D eigenvalue weighted by atomic mass is 9.94. The van der Waals surface area contributed by atoms with Gasteiger partial charge in [-0.2, -0.15) is 0 Å². The van der Waals surface area contributed by atoms with Gasteiger partial charge in [0.1, 0.15) is 11.8 Å². The van der Waals surface area contributed by atoms with E-state index in [1.54, 1.807) is 44.2 Å². The van der Waals surface area contributed by atoms with Crippen molar-refractivity contribution in [1.82, 2.24) is 0 Å². The SMILES string of the molecule is Cc1cc(Cl)ccc1N1C(=O)C(O)=C(C(=O)C(C)C)C1c1ccco1. The summed E-state index contributed by atoms with van der Waals surface area (Å²) >= 11 is 6.01. The van der Waals surface area contributed by atoms with E-state index >= 15 is 0 Å². The van der Waals surface area contributed by atoms with Crippen LogP contribution in [-0.4, -0.2) is 16.8 Å². The number of hydrogen-bond acceptors (Lipinski definition) is 4. The van der Waals surface area contributed by atoms with Crippen LogP contribution < -0.4 is 4.90 Å². The minimum absolute atomic E-state index is 0.0595. The molecule has 0 saturated heterocycles. The summed E-state index contributed by atoms with van der Waals surface area (Å²) in [6.07, 6.45) is 1.47. The molecule has 3 rings (SSSR count). The summed E-state index contributed by atoms with van der Waals surface area (Å²) in [7, 11) is 0. The molecule has 0 aliphatic carbocycles. The lowest BCUT2D eigenvalue weighted by molar-refractivity contribution is -0.119. The molecule has 1 unspecified atom stereocenters. The molecule has 0 spiro atoms. The Morgan fingerprint density at radius 3 is 2.60 bits per heavy atom. The summed E-state index contributed by atoms with van der Waals surface area (Å²) in [6.45, 7) is 5.26. The van der Waals surface area contributed by atoms with Crippen LogP contribution in [-0.2, 0) is 9.59 Å². The molecule has 1 aromatic carbocycles. The first-order chi connectivity index (χ1) is 11.8. The van der Waals surface area contributed by atoms with Crippen LogP contribution in [0.4, 0.5) is 5.69 Å². The summed E-state index contributed by atoms with van der Waals surface area (Å²) in [5.74, 6) is -1.41. The Morgan fingerprint density at radius 1 is 1.32 bits per heavy atom. The fraction of sp³-hybridized carbons (Fsp3) is 0.263. The maximum absolute atomic E-state index is 12.8. The second-order valence-corrected chi connectivity index (χ2v) is 6.74. The Bertz CT molecular complexity index is 868. The van der Waals surface area contributed by atoms with Gasteiger partial charge in [0.15, 0.2) is 11.5 Å². The van der Waals surface area contributed by atoms with Crippen molar-refractivity contribution in [3.8, 4) is 0 Å². The molecule has 1 aliphatic rings. The fourth-order valence-corrected chi connectivity index (χ4v) is 3.25. The molecule has 5 nitrogen and oxygen atoms in total. The van der Waals surface area contributed by atoms with Gasteiger partial charge in [-0.3, -0.25) is 14.5 Å². The highest BCUT2D eigenvalue weighted by molar-refractivity contribution is 6.30. The topological polar surface area (TPSA) is 70.8 Å². The first-order valence-electron chi connectivity index (χ1n) is 7.93. The molecule has 1 atom stereocenters. The average Bonchev–Trinajstić information content (AvgIpc) is 3.15. The largest absolute Gasteiger partial charge is 0.503 e. The molecule has 0 radical (unpaired) electrons. The van der Waals surface area contributed by atoms with Crippen LogP contribution in [0.25, 0.3) is 0 Å². The Hall–Kier alpha value is -2.53. The predicted molar refractivity (Wildman–Crippen MR) is 94.6 cm³/mol. The molecule has 1 amide bonds. The van der Waals surface area contributed by atoms with E-state index in [1.165, 1.54) is 11.2 Å². The number of amides is 1. The second kappa shape index (κ2) is 6.41. The van der Waals surface area contributed by atoms with Gasteiger partial charge in [-0.15, -0.1) is 0 Å². The fourth-order valence-electron chi connectivity index (χ4n) is 3.02. The Kier molecular flexibility index (Phi) is 4.43. The Labute approximate surface area is 150 Å². The minimum atomic E-state index is -0.808. The summed E-state index contributed by atoms with van der Waals surface area (Å²) in [4.78, 5) is 26.8. The summed E-state index contributed by atoms with van der Waals surface area (Å²) < 4.78 is 5.47. The van der Waals surface area contributed by atoms with Crippen LogP contribution in [0.15, 0.2) is 52.3 Å². The summed E-state index contributed by atoms with van der Waals surface area (Å²) in [5.41, 5.74) is 1.38. The standard InChI is InChI=1S/C19H18ClNO4/c1-10(2)17(22)15-16(14-5-4-8-25-14)21(19(24)18(15)23)13-7-6-12(20)9-11(13)3/h4-10,16,23H,1-3H3. The molecule has 0 bridgehead atoms. The molecule has 1 aromatic heterocycles. The zero-order chi connectivity index (χ0) is 18.3. The molecule has 1 N–H and O–H groups in total. The van der Waals surface area contributed by atoms with E-state index in [1.807, 2.05) is 6.92 Å². The summed E-state index contributed by atoms with van der Waals surface area (Å²) in [5, 5.41) is 11.0. The molecule has 130 valence electrons. The van der Waals surface area contributed by atoms with E-state index in [9.17, 15) is 14.7 Å². The molecular formula is C19H18ClNO4. The van der Waals surface area contributed by atoms with Crippen molar-refractivity contribution in [3.63, 3.8) is 0 Å². The lowest BCUT2D eigenvalue weighted by Crippen LogP contribution is -2.31. The van der Waals surface area contributed by atoms with Gasteiger partial charge < -0.3 is 9.52 Å². The Balaban J connectivity index is 2.19. The van der Waals surface area contributed by atoms with E-state index < -0.39 is 17.7 Å². The maximum atomic E-state index is 12.8. The van der Waals surface area contributed by atoms with Gasteiger partial charge in [0.25, 0.3) is 5.91 Å². The van der Waals surface area contributed by atoms with Crippen molar-refractivity contribution < 1.29 is 19.1 Å². The smallest absolute Gasteiger partial charge is 0.294 e. The van der Waals surface area contributed by atoms with Crippen LogP contribution >= 0.6 is 11.6 Å². The Morgan fingerprint density at radius 2 is 2.04 bits per heavy atom. The van der Waals surface area contributed by atoms with Crippen LogP contribution in [0.1, 0.15) is 31.2 Å². The third-order valence-electron chi connectivity index (χ3n) is 4.23. The first-order valence-corrected chi connectivity index (χ1v) is 8.31. The number of hydrogen-bond donors (Lipinski definition) is 1. The number of ketones is 1. The molecule has 25 heavy (non-hydrogen) atoms. The number of nitrogens with zero attached hydrogens (tertiary/aromatic N) is 1. The first kappa shape index (κ1) is 17.3. The van der Waals surface area contributed by atoms with Crippen LogP contribution in [0.3, 0.4) is 0 Å². The van der Waals surface area contributed by atoms with Gasteiger partial charge in [-0.05, 0) is 42.8 Å². The zero-order valence-electron chi connectivity index (χ0n) is 14.1. The normalized spacial score (nSPS) is 17.7. The molecule has 2 heterocycles.